The molecule has 0 saturated heterocycles. The molecule has 0 fully saturated rings. The zero-order chi connectivity index (χ0) is 21.7. The standard InChI is InChI=1S/C23H26F3N3O/c1-4-5-11-29(3)15-17-14-27-28-22(17)20-12-18(23(24,25)26)13-21(16(20)2)30-19-9-7-6-8-10-19/h6-10,12-14H,4-5,11,15H2,1-3H3,(H,27,28). The van der Waals surface area contributed by atoms with Crippen LogP contribution in [0.15, 0.2) is 48.7 Å². The number of nitrogens with one attached hydrogen (secondary N) is 1. The van der Waals surface area contributed by atoms with E-state index in [1.54, 1.807) is 37.4 Å². The van der Waals surface area contributed by atoms with Crippen molar-refractivity contribution in [3.63, 3.8) is 0 Å². The van der Waals surface area contributed by atoms with Crippen molar-refractivity contribution in [2.75, 3.05) is 13.6 Å². The number of rotatable bonds is 8. The molecule has 0 spiro atoms. The van der Waals surface area contributed by atoms with Gasteiger partial charge in [-0.1, -0.05) is 31.5 Å². The summed E-state index contributed by atoms with van der Waals surface area (Å²) in [4.78, 5) is 2.14. The highest BCUT2D eigenvalue weighted by atomic mass is 19.4. The summed E-state index contributed by atoms with van der Waals surface area (Å²) in [6, 6.07) is 11.0. The highest BCUT2D eigenvalue weighted by molar-refractivity contribution is 5.71. The highest BCUT2D eigenvalue weighted by Gasteiger charge is 2.33. The van der Waals surface area contributed by atoms with E-state index in [1.807, 2.05) is 13.1 Å². The third-order valence-corrected chi connectivity index (χ3v) is 4.98. The average molecular weight is 417 g/mol. The molecule has 0 aliphatic carbocycles. The fraction of sp³-hybridized carbons (Fsp3) is 0.348. The molecule has 160 valence electrons. The molecule has 0 bridgehead atoms. The Hall–Kier alpha value is -2.80. The molecular formula is C23H26F3N3O. The Morgan fingerprint density at radius 1 is 1.13 bits per heavy atom. The van der Waals surface area contributed by atoms with Gasteiger partial charge in [0, 0.05) is 23.2 Å². The van der Waals surface area contributed by atoms with Crippen LogP contribution in [0, 0.1) is 6.92 Å². The van der Waals surface area contributed by atoms with Crippen LogP contribution in [0.5, 0.6) is 11.5 Å². The van der Waals surface area contributed by atoms with Gasteiger partial charge >= 0.3 is 6.18 Å². The second-order valence-electron chi connectivity index (χ2n) is 7.42. The van der Waals surface area contributed by atoms with Crippen LogP contribution >= 0.6 is 0 Å². The maximum Gasteiger partial charge on any atom is 0.416 e. The van der Waals surface area contributed by atoms with Crippen LogP contribution in [0.25, 0.3) is 11.3 Å². The smallest absolute Gasteiger partial charge is 0.416 e. The number of aromatic nitrogens is 2. The third kappa shape index (κ3) is 5.21. The van der Waals surface area contributed by atoms with E-state index in [-0.39, 0.29) is 5.75 Å². The van der Waals surface area contributed by atoms with E-state index < -0.39 is 11.7 Å². The van der Waals surface area contributed by atoms with Crippen LogP contribution in [-0.4, -0.2) is 28.7 Å². The molecule has 1 N–H and O–H groups in total. The maximum absolute atomic E-state index is 13.6. The highest BCUT2D eigenvalue weighted by Crippen LogP contribution is 2.40. The van der Waals surface area contributed by atoms with E-state index in [2.05, 4.69) is 22.0 Å². The molecule has 0 unspecified atom stereocenters. The van der Waals surface area contributed by atoms with Crippen LogP contribution < -0.4 is 4.74 Å². The summed E-state index contributed by atoms with van der Waals surface area (Å²) in [6.07, 6.45) is -0.679. The van der Waals surface area contributed by atoms with E-state index in [4.69, 9.17) is 4.74 Å². The Morgan fingerprint density at radius 3 is 2.53 bits per heavy atom. The first-order valence-electron chi connectivity index (χ1n) is 9.95. The van der Waals surface area contributed by atoms with E-state index in [0.717, 1.165) is 37.1 Å². The van der Waals surface area contributed by atoms with Crippen LogP contribution in [0.3, 0.4) is 0 Å². The number of hydrogen-bond donors (Lipinski definition) is 1. The normalized spacial score (nSPS) is 11.8. The van der Waals surface area contributed by atoms with E-state index >= 15 is 0 Å². The van der Waals surface area contributed by atoms with Crippen LogP contribution in [0.1, 0.15) is 36.5 Å². The van der Waals surface area contributed by atoms with Gasteiger partial charge in [0.05, 0.1) is 17.5 Å². The van der Waals surface area contributed by atoms with Crippen LogP contribution in [-0.2, 0) is 12.7 Å². The molecule has 0 radical (unpaired) electrons. The fourth-order valence-electron chi connectivity index (χ4n) is 3.29. The molecule has 4 nitrogen and oxygen atoms in total. The zero-order valence-electron chi connectivity index (χ0n) is 17.4. The van der Waals surface area contributed by atoms with Gasteiger partial charge in [0.15, 0.2) is 0 Å². The number of ether oxygens (including phenoxy) is 1. The lowest BCUT2D eigenvalue weighted by Crippen LogP contribution is -2.19. The van der Waals surface area contributed by atoms with Gasteiger partial charge in [-0.25, -0.2) is 0 Å². The summed E-state index contributed by atoms with van der Waals surface area (Å²) in [5, 5.41) is 7.00. The lowest BCUT2D eigenvalue weighted by Gasteiger charge is -2.19. The van der Waals surface area contributed by atoms with Crippen LogP contribution in [0.4, 0.5) is 13.2 Å². The molecule has 0 atom stereocenters. The van der Waals surface area contributed by atoms with Gasteiger partial charge < -0.3 is 9.64 Å². The number of alkyl halides is 3. The van der Waals surface area contributed by atoms with E-state index in [9.17, 15) is 13.2 Å². The van der Waals surface area contributed by atoms with E-state index in [1.165, 1.54) is 0 Å². The predicted octanol–water partition coefficient (Wildman–Crippen LogP) is 6.43. The number of benzene rings is 2. The Kier molecular flexibility index (Phi) is 6.82. The summed E-state index contributed by atoms with van der Waals surface area (Å²) in [6.45, 7) is 5.39. The first-order valence-corrected chi connectivity index (χ1v) is 9.95. The Labute approximate surface area is 174 Å². The van der Waals surface area contributed by atoms with Crippen molar-refractivity contribution in [2.24, 2.45) is 0 Å². The maximum atomic E-state index is 13.6. The number of unbranched alkanes of at least 4 members (excludes halogenated alkanes) is 1. The second kappa shape index (κ2) is 9.34. The van der Waals surface area contributed by atoms with Gasteiger partial charge in [-0.2, -0.15) is 18.3 Å². The van der Waals surface area contributed by atoms with Crippen molar-refractivity contribution in [3.05, 3.63) is 65.4 Å². The Morgan fingerprint density at radius 2 is 1.87 bits per heavy atom. The minimum atomic E-state index is -4.49. The van der Waals surface area contributed by atoms with Gasteiger partial charge in [0.2, 0.25) is 0 Å². The summed E-state index contributed by atoms with van der Waals surface area (Å²) in [5.74, 6) is 0.654. The van der Waals surface area contributed by atoms with Gasteiger partial charge in [-0.05, 0) is 51.2 Å². The molecule has 0 aliphatic rings. The van der Waals surface area contributed by atoms with Crippen molar-refractivity contribution in [1.82, 2.24) is 15.1 Å². The lowest BCUT2D eigenvalue weighted by atomic mass is 9.98. The quantitative estimate of drug-likeness (QED) is 0.459. The fourth-order valence-corrected chi connectivity index (χ4v) is 3.29. The monoisotopic (exact) mass is 417 g/mol. The lowest BCUT2D eigenvalue weighted by molar-refractivity contribution is -0.137. The molecular weight excluding hydrogens is 391 g/mol. The Bertz CT molecular complexity index is 968. The molecule has 1 aromatic heterocycles. The average Bonchev–Trinajstić information content (AvgIpc) is 3.15. The van der Waals surface area contributed by atoms with Gasteiger partial charge in [-0.15, -0.1) is 0 Å². The SMILES string of the molecule is CCCCN(C)Cc1cn[nH]c1-c1cc(C(F)(F)F)cc(Oc2ccccc2)c1C. The van der Waals surface area contributed by atoms with Crippen molar-refractivity contribution >= 4 is 0 Å². The molecule has 0 amide bonds. The molecule has 3 aromatic rings. The number of hydrogen-bond acceptors (Lipinski definition) is 3. The molecule has 7 heteroatoms. The number of para-hydroxylation sites is 1. The number of halogens is 3. The van der Waals surface area contributed by atoms with Gasteiger partial charge in [-0.3, -0.25) is 5.10 Å². The minimum Gasteiger partial charge on any atom is -0.457 e. The molecule has 30 heavy (non-hydrogen) atoms. The first-order chi connectivity index (χ1) is 14.3. The second-order valence-corrected chi connectivity index (χ2v) is 7.42. The molecule has 1 heterocycles. The topological polar surface area (TPSA) is 41.2 Å². The molecule has 0 saturated carbocycles. The third-order valence-electron chi connectivity index (χ3n) is 4.98. The largest absolute Gasteiger partial charge is 0.457 e. The summed E-state index contributed by atoms with van der Waals surface area (Å²) < 4.78 is 46.7. The van der Waals surface area contributed by atoms with Crippen molar-refractivity contribution in [3.8, 4) is 22.8 Å². The minimum absolute atomic E-state index is 0.172. The van der Waals surface area contributed by atoms with Gasteiger partial charge in [0.1, 0.15) is 11.5 Å². The van der Waals surface area contributed by atoms with Crippen molar-refractivity contribution < 1.29 is 17.9 Å². The van der Waals surface area contributed by atoms with Crippen molar-refractivity contribution in [1.29, 1.82) is 0 Å². The van der Waals surface area contributed by atoms with Crippen LogP contribution in [0.2, 0.25) is 0 Å². The first kappa shape index (κ1) is 21.9. The molecule has 3 rings (SSSR count). The number of nitrogens with zero attached hydrogens (tertiary/aromatic N) is 2. The van der Waals surface area contributed by atoms with Gasteiger partial charge in [0.25, 0.3) is 0 Å². The molecule has 0 aliphatic heterocycles. The predicted molar refractivity (Wildman–Crippen MR) is 112 cm³/mol. The Balaban J connectivity index is 2.02. The summed E-state index contributed by atoms with van der Waals surface area (Å²) >= 11 is 0. The summed E-state index contributed by atoms with van der Waals surface area (Å²) in [5.41, 5.74) is 1.73. The number of aromatic amines is 1. The zero-order valence-corrected chi connectivity index (χ0v) is 17.4. The molecule has 2 aromatic carbocycles. The van der Waals surface area contributed by atoms with Crippen molar-refractivity contribution in [2.45, 2.75) is 39.4 Å². The van der Waals surface area contributed by atoms with E-state index in [0.29, 0.717) is 29.1 Å². The number of H-pyrrole nitrogens is 1. The summed E-state index contributed by atoms with van der Waals surface area (Å²) in [7, 11) is 2.00.